The molecule has 3 aromatic rings. The Morgan fingerprint density at radius 3 is 2.92 bits per heavy atom. The maximum Gasteiger partial charge on any atom is 0.247 e. The lowest BCUT2D eigenvalue weighted by molar-refractivity contribution is 0.225. The van der Waals surface area contributed by atoms with Gasteiger partial charge in [0.2, 0.25) is 11.0 Å². The molecular weight excluding hydrogens is 322 g/mol. The van der Waals surface area contributed by atoms with Crippen molar-refractivity contribution >= 4 is 17.4 Å². The van der Waals surface area contributed by atoms with Gasteiger partial charge < -0.3 is 10.1 Å². The third-order valence-electron chi connectivity index (χ3n) is 3.59. The van der Waals surface area contributed by atoms with E-state index in [-0.39, 0.29) is 0 Å². The number of rotatable bonds is 3. The van der Waals surface area contributed by atoms with Crippen molar-refractivity contribution in [1.82, 2.24) is 20.2 Å². The summed E-state index contributed by atoms with van der Waals surface area (Å²) in [7, 11) is 0. The van der Waals surface area contributed by atoms with Crippen LogP contribution < -0.4 is 10.1 Å². The van der Waals surface area contributed by atoms with Crippen molar-refractivity contribution in [2.45, 2.75) is 18.3 Å². The number of para-hydroxylation sites is 1. The lowest BCUT2D eigenvalue weighted by Crippen LogP contribution is -2.17. The van der Waals surface area contributed by atoms with E-state index in [0.29, 0.717) is 16.7 Å². The van der Waals surface area contributed by atoms with Crippen LogP contribution in [0.1, 0.15) is 18.7 Å². The van der Waals surface area contributed by atoms with Crippen LogP contribution in [0.5, 0.6) is 5.88 Å². The predicted molar refractivity (Wildman–Crippen MR) is 92.9 cm³/mol. The van der Waals surface area contributed by atoms with Crippen molar-refractivity contribution < 1.29 is 4.74 Å². The number of pyridine rings is 1. The predicted octanol–water partition coefficient (Wildman–Crippen LogP) is 3.55. The first-order valence-corrected chi connectivity index (χ1v) is 8.63. The first-order chi connectivity index (χ1) is 11.8. The van der Waals surface area contributed by atoms with E-state index in [1.807, 2.05) is 36.4 Å². The topological polar surface area (TPSA) is 72.8 Å². The molecule has 0 saturated heterocycles. The molecule has 1 aliphatic heterocycles. The largest absolute Gasteiger partial charge is 0.448 e. The van der Waals surface area contributed by atoms with Gasteiger partial charge in [-0.05, 0) is 17.9 Å². The Labute approximate surface area is 143 Å². The molecule has 1 N–H and O–H groups in total. The Hall–Kier alpha value is -2.67. The van der Waals surface area contributed by atoms with Crippen LogP contribution in [0.25, 0.3) is 11.3 Å². The van der Waals surface area contributed by atoms with Gasteiger partial charge in [0.15, 0.2) is 11.9 Å². The minimum atomic E-state index is -0.391. The summed E-state index contributed by atoms with van der Waals surface area (Å²) in [6.45, 7) is 2.05. The Morgan fingerprint density at radius 2 is 2.08 bits per heavy atom. The Bertz CT molecular complexity index is 859. The van der Waals surface area contributed by atoms with Crippen molar-refractivity contribution in [1.29, 1.82) is 0 Å². The summed E-state index contributed by atoms with van der Waals surface area (Å²) in [4.78, 5) is 8.72. The maximum absolute atomic E-state index is 6.13. The van der Waals surface area contributed by atoms with Gasteiger partial charge in [0.25, 0.3) is 0 Å². The average Bonchev–Trinajstić information content (AvgIpc) is 2.79. The zero-order valence-corrected chi connectivity index (χ0v) is 13.8. The van der Waals surface area contributed by atoms with Crippen LogP contribution in [0.2, 0.25) is 0 Å². The monoisotopic (exact) mass is 337 g/mol. The Balaban J connectivity index is 1.84. The van der Waals surface area contributed by atoms with Gasteiger partial charge in [-0.3, -0.25) is 4.98 Å². The van der Waals surface area contributed by atoms with Crippen LogP contribution in [0, 0.1) is 0 Å². The summed E-state index contributed by atoms with van der Waals surface area (Å²) in [6, 6.07) is 11.8. The highest BCUT2D eigenvalue weighted by Gasteiger charge is 2.25. The fourth-order valence-corrected chi connectivity index (χ4v) is 3.02. The molecule has 7 heteroatoms. The van der Waals surface area contributed by atoms with E-state index in [2.05, 4.69) is 32.4 Å². The molecule has 0 bridgehead atoms. The van der Waals surface area contributed by atoms with E-state index < -0.39 is 6.23 Å². The fourth-order valence-electron chi connectivity index (χ4n) is 2.52. The van der Waals surface area contributed by atoms with E-state index in [0.717, 1.165) is 22.6 Å². The van der Waals surface area contributed by atoms with Crippen LogP contribution in [-0.2, 0) is 0 Å². The lowest BCUT2D eigenvalue weighted by Gasteiger charge is -2.18. The molecule has 0 spiro atoms. The smallest absolute Gasteiger partial charge is 0.247 e. The first kappa shape index (κ1) is 14.9. The number of hydrogen-bond acceptors (Lipinski definition) is 7. The number of thioether (sulfide) groups is 1. The van der Waals surface area contributed by atoms with Gasteiger partial charge in [-0.2, -0.15) is 4.98 Å². The fraction of sp³-hybridized carbons (Fsp3) is 0.176. The van der Waals surface area contributed by atoms with Gasteiger partial charge in [0.05, 0.1) is 0 Å². The number of ether oxygens (including phenoxy) is 1. The highest BCUT2D eigenvalue weighted by Crippen LogP contribution is 2.39. The molecule has 24 heavy (non-hydrogen) atoms. The van der Waals surface area contributed by atoms with Gasteiger partial charge in [-0.1, -0.05) is 43.0 Å². The summed E-state index contributed by atoms with van der Waals surface area (Å²) in [6.07, 6.45) is 3.13. The third-order valence-corrected chi connectivity index (χ3v) is 4.31. The molecule has 120 valence electrons. The second kappa shape index (κ2) is 6.45. The molecular formula is C17H15N5OS. The molecule has 1 unspecified atom stereocenters. The maximum atomic E-state index is 6.13. The lowest BCUT2D eigenvalue weighted by atomic mass is 10.1. The van der Waals surface area contributed by atoms with Crippen LogP contribution in [-0.4, -0.2) is 25.9 Å². The van der Waals surface area contributed by atoms with Crippen LogP contribution in [0.3, 0.4) is 0 Å². The second-order valence-electron chi connectivity index (χ2n) is 5.16. The number of anilines is 1. The normalized spacial score (nSPS) is 15.5. The van der Waals surface area contributed by atoms with Gasteiger partial charge in [0, 0.05) is 29.2 Å². The zero-order chi connectivity index (χ0) is 16.4. The summed E-state index contributed by atoms with van der Waals surface area (Å²) >= 11 is 1.54. The molecule has 1 aromatic carbocycles. The van der Waals surface area contributed by atoms with E-state index in [1.165, 1.54) is 11.8 Å². The van der Waals surface area contributed by atoms with Crippen molar-refractivity contribution in [3.63, 3.8) is 0 Å². The van der Waals surface area contributed by atoms with Gasteiger partial charge in [0.1, 0.15) is 0 Å². The molecule has 1 atom stereocenters. The number of nitrogens with one attached hydrogen (secondary N) is 1. The van der Waals surface area contributed by atoms with E-state index in [1.54, 1.807) is 12.4 Å². The van der Waals surface area contributed by atoms with E-state index in [4.69, 9.17) is 4.74 Å². The number of hydrogen-bond donors (Lipinski definition) is 1. The summed E-state index contributed by atoms with van der Waals surface area (Å²) in [5, 5.41) is 12.6. The SMILES string of the molecule is CCSc1nnc2c(n1)OC(c1cccnc1)Nc1ccccc1-2. The van der Waals surface area contributed by atoms with E-state index in [9.17, 15) is 0 Å². The van der Waals surface area contributed by atoms with Crippen LogP contribution >= 0.6 is 11.8 Å². The first-order valence-electron chi connectivity index (χ1n) is 7.65. The molecule has 0 radical (unpaired) electrons. The highest BCUT2D eigenvalue weighted by molar-refractivity contribution is 7.99. The standard InChI is InChI=1S/C17H15N5OS/c1-2-24-17-20-16-14(21-22-17)12-7-3-4-8-13(12)19-15(23-16)11-6-5-9-18-10-11/h3-10,15,19H,2H2,1H3. The average molecular weight is 337 g/mol. The van der Waals surface area contributed by atoms with Crippen molar-refractivity contribution in [3.8, 4) is 17.1 Å². The third kappa shape index (κ3) is 2.78. The summed E-state index contributed by atoms with van der Waals surface area (Å²) in [5.41, 5.74) is 3.41. The van der Waals surface area contributed by atoms with Gasteiger partial charge in [-0.15, -0.1) is 10.2 Å². The number of nitrogens with zero attached hydrogens (tertiary/aromatic N) is 4. The molecule has 6 nitrogen and oxygen atoms in total. The van der Waals surface area contributed by atoms with Crippen molar-refractivity contribution in [2.75, 3.05) is 11.1 Å². The molecule has 0 saturated carbocycles. The molecule has 4 rings (SSSR count). The van der Waals surface area contributed by atoms with Crippen molar-refractivity contribution in [3.05, 3.63) is 54.4 Å². The second-order valence-corrected chi connectivity index (χ2v) is 6.39. The van der Waals surface area contributed by atoms with Gasteiger partial charge >= 0.3 is 0 Å². The quantitative estimate of drug-likeness (QED) is 0.733. The molecule has 0 aliphatic carbocycles. The zero-order valence-electron chi connectivity index (χ0n) is 13.0. The molecule has 2 aromatic heterocycles. The minimum absolute atomic E-state index is 0.391. The summed E-state index contributed by atoms with van der Waals surface area (Å²) in [5.74, 6) is 1.36. The van der Waals surface area contributed by atoms with E-state index >= 15 is 0 Å². The van der Waals surface area contributed by atoms with Gasteiger partial charge in [-0.25, -0.2) is 0 Å². The minimum Gasteiger partial charge on any atom is -0.448 e. The summed E-state index contributed by atoms with van der Waals surface area (Å²) < 4.78 is 6.13. The van der Waals surface area contributed by atoms with Crippen LogP contribution in [0.15, 0.2) is 53.9 Å². The van der Waals surface area contributed by atoms with Crippen LogP contribution in [0.4, 0.5) is 5.69 Å². The molecule has 1 aliphatic rings. The molecule has 0 amide bonds. The Morgan fingerprint density at radius 1 is 1.17 bits per heavy atom. The molecule has 3 heterocycles. The number of benzene rings is 1. The Kier molecular flexibility index (Phi) is 4.00. The molecule has 0 fully saturated rings. The number of fused-ring (bicyclic) bond motifs is 3. The number of aromatic nitrogens is 4. The van der Waals surface area contributed by atoms with Crippen molar-refractivity contribution in [2.24, 2.45) is 0 Å². The highest BCUT2D eigenvalue weighted by atomic mass is 32.2.